The van der Waals surface area contributed by atoms with Gasteiger partial charge in [-0.1, -0.05) is 29.3 Å². The number of hydrogen-bond donors (Lipinski definition) is 2. The Hall–Kier alpha value is -2.15. The maximum atomic E-state index is 11.9. The third kappa shape index (κ3) is 5.78. The number of nitrogens with one attached hydrogen (secondary N) is 2. The molecule has 1 aromatic carbocycles. The monoisotopic (exact) mass is 310 g/mol. The molecule has 0 saturated carbocycles. The standard InChI is InChI=1S/C14H18N2O4S/c1-10(2)4-9-13(17)15-14(18)16-21(19,20)12-7-5-11(3)6-8-12/h4-8H,9H2,1-3H3,(H2,15,16,17,18). The molecule has 6 nitrogen and oxygen atoms in total. The molecule has 0 radical (unpaired) electrons. The average molecular weight is 310 g/mol. The van der Waals surface area contributed by atoms with E-state index in [0.717, 1.165) is 11.1 Å². The fourth-order valence-electron chi connectivity index (χ4n) is 1.40. The van der Waals surface area contributed by atoms with Crippen molar-refractivity contribution >= 4 is 22.0 Å². The van der Waals surface area contributed by atoms with E-state index in [1.54, 1.807) is 22.9 Å². The Morgan fingerprint density at radius 1 is 1.14 bits per heavy atom. The summed E-state index contributed by atoms with van der Waals surface area (Å²) in [6.07, 6.45) is 1.65. The summed E-state index contributed by atoms with van der Waals surface area (Å²) in [6, 6.07) is 4.94. The van der Waals surface area contributed by atoms with Crippen molar-refractivity contribution in [2.24, 2.45) is 0 Å². The topological polar surface area (TPSA) is 92.3 Å². The number of carbonyl (C=O) groups is 2. The van der Waals surface area contributed by atoms with Crippen molar-refractivity contribution in [1.82, 2.24) is 10.0 Å². The molecule has 21 heavy (non-hydrogen) atoms. The number of aryl methyl sites for hydroxylation is 1. The molecule has 0 aliphatic heterocycles. The highest BCUT2D eigenvalue weighted by Gasteiger charge is 2.18. The van der Waals surface area contributed by atoms with Gasteiger partial charge in [0.15, 0.2) is 0 Å². The lowest BCUT2D eigenvalue weighted by molar-refractivity contribution is -0.119. The second kappa shape index (κ2) is 7.03. The van der Waals surface area contributed by atoms with Gasteiger partial charge in [-0.05, 0) is 32.9 Å². The third-order valence-corrected chi connectivity index (χ3v) is 3.85. The molecule has 0 heterocycles. The van der Waals surface area contributed by atoms with E-state index in [2.05, 4.69) is 0 Å². The van der Waals surface area contributed by atoms with Crippen LogP contribution in [0.3, 0.4) is 0 Å². The number of allylic oxidation sites excluding steroid dienone is 1. The van der Waals surface area contributed by atoms with Crippen molar-refractivity contribution in [3.8, 4) is 0 Å². The molecule has 0 atom stereocenters. The van der Waals surface area contributed by atoms with Gasteiger partial charge in [0, 0.05) is 6.42 Å². The molecule has 0 spiro atoms. The Morgan fingerprint density at radius 2 is 1.71 bits per heavy atom. The minimum Gasteiger partial charge on any atom is -0.277 e. The number of imide groups is 1. The number of rotatable bonds is 4. The van der Waals surface area contributed by atoms with Crippen molar-refractivity contribution < 1.29 is 18.0 Å². The van der Waals surface area contributed by atoms with Crippen LogP contribution in [0.2, 0.25) is 0 Å². The number of carbonyl (C=O) groups excluding carboxylic acids is 2. The smallest absolute Gasteiger partial charge is 0.277 e. The largest absolute Gasteiger partial charge is 0.335 e. The number of benzene rings is 1. The van der Waals surface area contributed by atoms with E-state index >= 15 is 0 Å². The van der Waals surface area contributed by atoms with Gasteiger partial charge in [-0.2, -0.15) is 0 Å². The Bertz CT molecular complexity index is 657. The molecule has 0 aliphatic rings. The Labute approximate surface area is 124 Å². The van der Waals surface area contributed by atoms with Crippen LogP contribution in [0.1, 0.15) is 25.8 Å². The second-order valence-corrected chi connectivity index (χ2v) is 6.46. The first-order valence-corrected chi connectivity index (χ1v) is 7.75. The summed E-state index contributed by atoms with van der Waals surface area (Å²) < 4.78 is 25.6. The predicted octanol–water partition coefficient (Wildman–Crippen LogP) is 1.87. The molecule has 0 bridgehead atoms. The lowest BCUT2D eigenvalue weighted by Crippen LogP contribution is -2.42. The highest BCUT2D eigenvalue weighted by Crippen LogP contribution is 2.09. The minimum atomic E-state index is -3.98. The van der Waals surface area contributed by atoms with E-state index < -0.39 is 22.0 Å². The Morgan fingerprint density at radius 3 is 2.24 bits per heavy atom. The van der Waals surface area contributed by atoms with Gasteiger partial charge in [-0.25, -0.2) is 17.9 Å². The maximum Gasteiger partial charge on any atom is 0.335 e. The van der Waals surface area contributed by atoms with Crippen LogP contribution in [0.25, 0.3) is 0 Å². The molecule has 0 fully saturated rings. The first kappa shape index (κ1) is 16.9. The fourth-order valence-corrected chi connectivity index (χ4v) is 2.31. The highest BCUT2D eigenvalue weighted by molar-refractivity contribution is 7.90. The van der Waals surface area contributed by atoms with Gasteiger partial charge in [-0.3, -0.25) is 10.1 Å². The predicted molar refractivity (Wildman–Crippen MR) is 79.1 cm³/mol. The van der Waals surface area contributed by atoms with Crippen molar-refractivity contribution in [3.63, 3.8) is 0 Å². The Balaban J connectivity index is 2.67. The van der Waals surface area contributed by atoms with E-state index in [0.29, 0.717) is 0 Å². The number of sulfonamides is 1. The molecule has 1 rings (SSSR count). The van der Waals surface area contributed by atoms with Gasteiger partial charge in [0.1, 0.15) is 0 Å². The summed E-state index contributed by atoms with van der Waals surface area (Å²) in [4.78, 5) is 22.9. The summed E-state index contributed by atoms with van der Waals surface area (Å²) >= 11 is 0. The maximum absolute atomic E-state index is 11.9. The zero-order chi connectivity index (χ0) is 16.0. The minimum absolute atomic E-state index is 0.0142. The van der Waals surface area contributed by atoms with Crippen molar-refractivity contribution in [3.05, 3.63) is 41.5 Å². The molecule has 3 amide bonds. The molecule has 0 unspecified atom stereocenters. The summed E-state index contributed by atoms with van der Waals surface area (Å²) in [5.41, 5.74) is 1.83. The molecule has 0 saturated heterocycles. The van der Waals surface area contributed by atoms with Crippen LogP contribution < -0.4 is 10.0 Å². The van der Waals surface area contributed by atoms with E-state index in [4.69, 9.17) is 0 Å². The molecule has 0 aromatic heterocycles. The van der Waals surface area contributed by atoms with Crippen LogP contribution in [0.4, 0.5) is 4.79 Å². The second-order valence-electron chi connectivity index (χ2n) is 4.78. The molecular formula is C14H18N2O4S. The first-order chi connectivity index (χ1) is 9.70. The number of amides is 3. The SMILES string of the molecule is CC(C)=CCC(=O)NC(=O)NS(=O)(=O)c1ccc(C)cc1. The van der Waals surface area contributed by atoms with Crippen LogP contribution in [-0.2, 0) is 14.8 Å². The van der Waals surface area contributed by atoms with E-state index in [9.17, 15) is 18.0 Å². The normalized spacial score (nSPS) is 10.6. The van der Waals surface area contributed by atoms with Crippen LogP contribution in [-0.4, -0.2) is 20.4 Å². The van der Waals surface area contributed by atoms with Gasteiger partial charge < -0.3 is 0 Å². The van der Waals surface area contributed by atoms with Crippen molar-refractivity contribution in [2.45, 2.75) is 32.1 Å². The molecule has 7 heteroatoms. The first-order valence-electron chi connectivity index (χ1n) is 6.27. The fraction of sp³-hybridized carbons (Fsp3) is 0.286. The van der Waals surface area contributed by atoms with Gasteiger partial charge in [0.2, 0.25) is 5.91 Å². The number of urea groups is 1. The molecule has 1 aromatic rings. The highest BCUT2D eigenvalue weighted by atomic mass is 32.2. The van der Waals surface area contributed by atoms with Gasteiger partial charge in [-0.15, -0.1) is 0 Å². The van der Waals surface area contributed by atoms with Crippen molar-refractivity contribution in [2.75, 3.05) is 0 Å². The lowest BCUT2D eigenvalue weighted by Gasteiger charge is -2.07. The van der Waals surface area contributed by atoms with E-state index in [-0.39, 0.29) is 11.3 Å². The van der Waals surface area contributed by atoms with Crippen molar-refractivity contribution in [1.29, 1.82) is 0 Å². The van der Waals surface area contributed by atoms with Crippen LogP contribution in [0.5, 0.6) is 0 Å². The third-order valence-electron chi connectivity index (χ3n) is 2.51. The van der Waals surface area contributed by atoms with Gasteiger partial charge in [0.25, 0.3) is 10.0 Å². The van der Waals surface area contributed by atoms with E-state index in [1.165, 1.54) is 12.1 Å². The summed E-state index contributed by atoms with van der Waals surface area (Å²) in [5, 5.41) is 1.96. The van der Waals surface area contributed by atoms with Crippen LogP contribution >= 0.6 is 0 Å². The zero-order valence-electron chi connectivity index (χ0n) is 12.1. The van der Waals surface area contributed by atoms with Crippen LogP contribution in [0.15, 0.2) is 40.8 Å². The van der Waals surface area contributed by atoms with Gasteiger partial charge >= 0.3 is 6.03 Å². The average Bonchev–Trinajstić information content (AvgIpc) is 2.36. The number of hydrogen-bond acceptors (Lipinski definition) is 4. The Kier molecular flexibility index (Phi) is 5.66. The molecule has 2 N–H and O–H groups in total. The molecule has 114 valence electrons. The molecule has 0 aliphatic carbocycles. The summed E-state index contributed by atoms with van der Waals surface area (Å²) in [5.74, 6) is -0.576. The summed E-state index contributed by atoms with van der Waals surface area (Å²) in [6.45, 7) is 5.45. The van der Waals surface area contributed by atoms with Gasteiger partial charge in [0.05, 0.1) is 4.90 Å². The zero-order valence-corrected chi connectivity index (χ0v) is 13.0. The lowest BCUT2D eigenvalue weighted by atomic mass is 10.2. The van der Waals surface area contributed by atoms with E-state index in [1.807, 2.05) is 26.1 Å². The molecular weight excluding hydrogens is 292 g/mol. The quantitative estimate of drug-likeness (QED) is 0.830. The van der Waals surface area contributed by atoms with Crippen LogP contribution in [0, 0.1) is 6.92 Å². The summed E-state index contributed by atoms with van der Waals surface area (Å²) in [7, 11) is -3.98.